The number of phenols is 1. The van der Waals surface area contributed by atoms with Crippen LogP contribution in [0.5, 0.6) is 11.6 Å². The van der Waals surface area contributed by atoms with E-state index in [0.717, 1.165) is 0 Å². The lowest BCUT2D eigenvalue weighted by Gasteiger charge is -2.10. The van der Waals surface area contributed by atoms with Crippen LogP contribution in [0.4, 0.5) is 0 Å². The molecule has 8 nitrogen and oxygen atoms in total. The van der Waals surface area contributed by atoms with E-state index in [-0.39, 0.29) is 23.8 Å². The van der Waals surface area contributed by atoms with Gasteiger partial charge in [0.2, 0.25) is 5.88 Å². The first kappa shape index (κ1) is 20.2. The fourth-order valence-electron chi connectivity index (χ4n) is 2.17. The summed E-state index contributed by atoms with van der Waals surface area (Å²) in [6.07, 6.45) is 1.25. The SMILES string of the molecule is COCc1cc(C)nc(OCC(=O)N/N=C\c2cc(Cl)ccc2O)c1C#N. The largest absolute Gasteiger partial charge is 0.507 e. The summed E-state index contributed by atoms with van der Waals surface area (Å²) < 4.78 is 10.4. The topological polar surface area (TPSA) is 117 Å². The van der Waals surface area contributed by atoms with Crippen molar-refractivity contribution in [1.82, 2.24) is 10.4 Å². The van der Waals surface area contributed by atoms with Gasteiger partial charge >= 0.3 is 0 Å². The number of aryl methyl sites for hydroxylation is 1. The van der Waals surface area contributed by atoms with E-state index in [0.29, 0.717) is 21.8 Å². The van der Waals surface area contributed by atoms with Crippen LogP contribution in [0.15, 0.2) is 29.4 Å². The van der Waals surface area contributed by atoms with E-state index in [2.05, 4.69) is 15.5 Å². The minimum Gasteiger partial charge on any atom is -0.507 e. The Morgan fingerprint density at radius 3 is 2.96 bits per heavy atom. The number of amides is 1. The van der Waals surface area contributed by atoms with Gasteiger partial charge < -0.3 is 14.6 Å². The Bertz CT molecular complexity index is 909. The van der Waals surface area contributed by atoms with Crippen LogP contribution in [0.1, 0.15) is 22.4 Å². The molecule has 1 amide bonds. The molecule has 140 valence electrons. The van der Waals surface area contributed by atoms with Gasteiger partial charge in [0.05, 0.1) is 12.8 Å². The molecule has 2 aromatic rings. The smallest absolute Gasteiger partial charge is 0.278 e. The molecule has 0 aliphatic heterocycles. The van der Waals surface area contributed by atoms with E-state index in [1.54, 1.807) is 13.0 Å². The van der Waals surface area contributed by atoms with Crippen LogP contribution in [0.2, 0.25) is 5.02 Å². The number of methoxy groups -OCH3 is 1. The number of nitrogens with zero attached hydrogens (tertiary/aromatic N) is 3. The van der Waals surface area contributed by atoms with Crippen molar-refractivity contribution in [2.75, 3.05) is 13.7 Å². The molecule has 2 rings (SSSR count). The number of carbonyl (C=O) groups is 1. The zero-order chi connectivity index (χ0) is 19.8. The normalized spacial score (nSPS) is 10.6. The van der Waals surface area contributed by atoms with Gasteiger partial charge in [0, 0.05) is 29.0 Å². The van der Waals surface area contributed by atoms with Gasteiger partial charge in [-0.3, -0.25) is 4.79 Å². The summed E-state index contributed by atoms with van der Waals surface area (Å²) >= 11 is 5.83. The van der Waals surface area contributed by atoms with Crippen LogP contribution in [-0.2, 0) is 16.1 Å². The predicted octanol–water partition coefficient (Wildman–Crippen LogP) is 2.30. The molecule has 0 aliphatic rings. The van der Waals surface area contributed by atoms with E-state index < -0.39 is 12.5 Å². The highest BCUT2D eigenvalue weighted by atomic mass is 35.5. The van der Waals surface area contributed by atoms with Crippen molar-refractivity contribution in [2.45, 2.75) is 13.5 Å². The summed E-state index contributed by atoms with van der Waals surface area (Å²) in [6, 6.07) is 8.17. The summed E-state index contributed by atoms with van der Waals surface area (Å²) in [6.45, 7) is 1.58. The number of phenolic OH excluding ortho intramolecular Hbond substituents is 1. The maximum atomic E-state index is 11.9. The Labute approximate surface area is 161 Å². The molecule has 0 saturated carbocycles. The quantitative estimate of drug-likeness (QED) is 0.555. The lowest BCUT2D eigenvalue weighted by molar-refractivity contribution is -0.123. The Morgan fingerprint density at radius 2 is 2.26 bits per heavy atom. The predicted molar refractivity (Wildman–Crippen MR) is 98.8 cm³/mol. The first-order valence-electron chi connectivity index (χ1n) is 7.77. The Balaban J connectivity index is 2.00. The van der Waals surface area contributed by atoms with Crippen LogP contribution in [0.3, 0.4) is 0 Å². The molecule has 1 heterocycles. The highest BCUT2D eigenvalue weighted by Gasteiger charge is 2.14. The number of carbonyl (C=O) groups excluding carboxylic acids is 1. The second-order valence-electron chi connectivity index (χ2n) is 5.43. The molecular weight excluding hydrogens is 372 g/mol. The van der Waals surface area contributed by atoms with Gasteiger partial charge in [-0.2, -0.15) is 10.4 Å². The number of halogens is 1. The fourth-order valence-corrected chi connectivity index (χ4v) is 2.35. The molecule has 0 spiro atoms. The zero-order valence-electron chi connectivity index (χ0n) is 14.7. The number of ether oxygens (including phenoxy) is 2. The molecule has 0 bridgehead atoms. The number of rotatable bonds is 7. The molecule has 2 N–H and O–H groups in total. The average molecular weight is 389 g/mol. The van der Waals surface area contributed by atoms with E-state index in [9.17, 15) is 15.2 Å². The first-order valence-corrected chi connectivity index (χ1v) is 8.15. The van der Waals surface area contributed by atoms with Crippen molar-refractivity contribution >= 4 is 23.7 Å². The lowest BCUT2D eigenvalue weighted by atomic mass is 10.1. The third-order valence-corrected chi connectivity index (χ3v) is 3.57. The standard InChI is InChI=1S/C18H17ClN4O4/c1-11-5-13(9-26-2)15(7-20)18(22-11)27-10-17(25)23-21-8-12-6-14(19)3-4-16(12)24/h3-6,8,24H,9-10H2,1-2H3,(H,23,25)/b21-8-. The number of benzene rings is 1. The first-order chi connectivity index (χ1) is 12.9. The van der Waals surface area contributed by atoms with Crippen LogP contribution in [0.25, 0.3) is 0 Å². The number of hydrogen-bond acceptors (Lipinski definition) is 7. The zero-order valence-corrected chi connectivity index (χ0v) is 15.4. The van der Waals surface area contributed by atoms with Crippen molar-refractivity contribution in [2.24, 2.45) is 5.10 Å². The second kappa shape index (κ2) is 9.52. The van der Waals surface area contributed by atoms with E-state index in [1.807, 2.05) is 6.07 Å². The van der Waals surface area contributed by atoms with Crippen LogP contribution in [0, 0.1) is 18.3 Å². The van der Waals surface area contributed by atoms with Crippen molar-refractivity contribution in [3.63, 3.8) is 0 Å². The number of pyridine rings is 1. The monoisotopic (exact) mass is 388 g/mol. The van der Waals surface area contributed by atoms with E-state index >= 15 is 0 Å². The minimum absolute atomic E-state index is 0.0260. The molecule has 1 aromatic heterocycles. The van der Waals surface area contributed by atoms with Crippen molar-refractivity contribution in [1.29, 1.82) is 5.26 Å². The van der Waals surface area contributed by atoms with Gasteiger partial charge in [0.1, 0.15) is 17.4 Å². The van der Waals surface area contributed by atoms with E-state index in [1.165, 1.54) is 31.5 Å². The number of hydrogen-bond donors (Lipinski definition) is 2. The summed E-state index contributed by atoms with van der Waals surface area (Å²) in [5.41, 5.74) is 4.07. The third kappa shape index (κ3) is 5.67. The number of nitrogens with one attached hydrogen (secondary N) is 1. The average Bonchev–Trinajstić information content (AvgIpc) is 2.63. The molecule has 0 saturated heterocycles. The van der Waals surface area contributed by atoms with Crippen LogP contribution < -0.4 is 10.2 Å². The van der Waals surface area contributed by atoms with Gasteiger partial charge in [-0.05, 0) is 31.2 Å². The minimum atomic E-state index is -0.562. The maximum absolute atomic E-state index is 11.9. The van der Waals surface area contributed by atoms with Crippen molar-refractivity contribution in [3.05, 3.63) is 51.7 Å². The molecule has 0 unspecified atom stereocenters. The van der Waals surface area contributed by atoms with Gasteiger partial charge in [-0.1, -0.05) is 11.6 Å². The number of hydrazone groups is 1. The summed E-state index contributed by atoms with van der Waals surface area (Å²) in [5, 5.41) is 23.1. The molecule has 0 radical (unpaired) electrons. The van der Waals surface area contributed by atoms with Crippen molar-refractivity contribution < 1.29 is 19.4 Å². The Hall–Kier alpha value is -3.15. The number of aromatic hydroxyl groups is 1. The number of aromatic nitrogens is 1. The molecule has 0 fully saturated rings. The molecule has 0 aliphatic carbocycles. The highest BCUT2D eigenvalue weighted by Crippen LogP contribution is 2.21. The Kier molecular flexibility index (Phi) is 7.11. The summed E-state index contributed by atoms with van der Waals surface area (Å²) in [7, 11) is 1.51. The lowest BCUT2D eigenvalue weighted by Crippen LogP contribution is -2.25. The Morgan fingerprint density at radius 1 is 1.48 bits per heavy atom. The number of nitriles is 1. The maximum Gasteiger partial charge on any atom is 0.278 e. The van der Waals surface area contributed by atoms with Gasteiger partial charge in [-0.15, -0.1) is 0 Å². The van der Waals surface area contributed by atoms with Crippen LogP contribution >= 0.6 is 11.6 Å². The van der Waals surface area contributed by atoms with Crippen LogP contribution in [-0.4, -0.2) is 35.9 Å². The molecule has 0 atom stereocenters. The van der Waals surface area contributed by atoms with E-state index in [4.69, 9.17) is 21.1 Å². The summed E-state index contributed by atoms with van der Waals surface area (Å²) in [5.74, 6) is -0.536. The highest BCUT2D eigenvalue weighted by molar-refractivity contribution is 6.30. The molecule has 9 heteroatoms. The summed E-state index contributed by atoms with van der Waals surface area (Å²) in [4.78, 5) is 16.0. The molecular formula is C18H17ClN4O4. The van der Waals surface area contributed by atoms with Gasteiger partial charge in [-0.25, -0.2) is 10.4 Å². The third-order valence-electron chi connectivity index (χ3n) is 3.33. The fraction of sp³-hybridized carbons (Fsp3) is 0.222. The van der Waals surface area contributed by atoms with Gasteiger partial charge in [0.15, 0.2) is 6.61 Å². The van der Waals surface area contributed by atoms with Gasteiger partial charge in [0.25, 0.3) is 5.91 Å². The molecule has 27 heavy (non-hydrogen) atoms. The second-order valence-corrected chi connectivity index (χ2v) is 5.87. The van der Waals surface area contributed by atoms with Crippen molar-refractivity contribution in [3.8, 4) is 17.7 Å². The molecule has 1 aromatic carbocycles.